The zero-order chi connectivity index (χ0) is 44.8. The zero-order valence-corrected chi connectivity index (χ0v) is 38.4. The van der Waals surface area contributed by atoms with Crippen LogP contribution >= 0.6 is 11.8 Å². The zero-order valence-electron chi connectivity index (χ0n) is 37.5. The molecule has 0 saturated heterocycles. The van der Waals surface area contributed by atoms with E-state index in [2.05, 4.69) is 253 Å². The lowest BCUT2D eigenvalue weighted by atomic mass is 9.98. The number of rotatable bonds is 7. The van der Waals surface area contributed by atoms with Gasteiger partial charge in [0, 0.05) is 53.5 Å². The van der Waals surface area contributed by atoms with Gasteiger partial charge in [-0.05, 0) is 145 Å². The van der Waals surface area contributed by atoms with Gasteiger partial charge >= 0.3 is 0 Å². The van der Waals surface area contributed by atoms with Crippen LogP contribution in [0.4, 0.5) is 0 Å². The van der Waals surface area contributed by atoms with Crippen LogP contribution in [0.3, 0.4) is 0 Å². The van der Waals surface area contributed by atoms with Crippen molar-refractivity contribution in [3.63, 3.8) is 0 Å². The van der Waals surface area contributed by atoms with Gasteiger partial charge in [0.15, 0.2) is 0 Å². The van der Waals surface area contributed by atoms with Crippen molar-refractivity contribution in [2.45, 2.75) is 30.6 Å². The minimum atomic E-state index is 1.15. The molecular weight excluding hydrogens is 831 g/mol. The van der Waals surface area contributed by atoms with E-state index in [1.54, 1.807) is 0 Å². The highest BCUT2D eigenvalue weighted by Gasteiger charge is 2.20. The molecule has 0 radical (unpaired) electrons. The largest absolute Gasteiger partial charge is 0.309 e. The van der Waals surface area contributed by atoms with Gasteiger partial charge in [-0.25, -0.2) is 0 Å². The summed E-state index contributed by atoms with van der Waals surface area (Å²) in [4.78, 5) is 2.42. The summed E-state index contributed by atoms with van der Waals surface area (Å²) in [6.45, 7) is 6.66. The fraction of sp³-hybridized carbons (Fsp3) is 0.0476. The van der Waals surface area contributed by atoms with E-state index in [1.165, 1.54) is 120 Å². The lowest BCUT2D eigenvalue weighted by molar-refractivity contribution is 1.11. The number of benzene rings is 10. The molecule has 10 aromatic carbocycles. The van der Waals surface area contributed by atoms with Crippen molar-refractivity contribution in [2.75, 3.05) is 0 Å². The maximum absolute atomic E-state index is 2.47. The van der Waals surface area contributed by atoms with Crippen LogP contribution in [0.2, 0.25) is 0 Å². The molecule has 3 heterocycles. The quantitative estimate of drug-likeness (QED) is 0.156. The van der Waals surface area contributed by atoms with Gasteiger partial charge in [-0.3, -0.25) is 0 Å². The normalized spacial score (nSPS) is 11.9. The van der Waals surface area contributed by atoms with Gasteiger partial charge in [-0.1, -0.05) is 145 Å². The molecule has 0 amide bonds. The summed E-state index contributed by atoms with van der Waals surface area (Å²) in [5.41, 5.74) is 19.5. The van der Waals surface area contributed by atoms with Crippen molar-refractivity contribution in [2.24, 2.45) is 0 Å². The van der Waals surface area contributed by atoms with E-state index in [0.717, 1.165) is 11.4 Å². The highest BCUT2D eigenvalue weighted by atomic mass is 32.2. The average Bonchev–Trinajstić information content (AvgIpc) is 3.99. The van der Waals surface area contributed by atoms with Gasteiger partial charge in [0.1, 0.15) is 0 Å². The first kappa shape index (κ1) is 39.3. The van der Waals surface area contributed by atoms with Gasteiger partial charge in [-0.2, -0.15) is 0 Å². The third kappa shape index (κ3) is 6.43. The predicted molar refractivity (Wildman–Crippen MR) is 285 cm³/mol. The third-order valence-corrected chi connectivity index (χ3v) is 14.7. The second-order valence-corrected chi connectivity index (χ2v) is 19.1. The Balaban J connectivity index is 0.913. The van der Waals surface area contributed by atoms with E-state index < -0.39 is 0 Å². The molecule has 4 heteroatoms. The molecule has 3 aromatic heterocycles. The van der Waals surface area contributed by atoms with E-state index in [0.29, 0.717) is 0 Å². The van der Waals surface area contributed by atoms with Crippen molar-refractivity contribution < 1.29 is 0 Å². The summed E-state index contributed by atoms with van der Waals surface area (Å²) in [5, 5.41) is 7.50. The Labute approximate surface area is 393 Å². The summed E-state index contributed by atoms with van der Waals surface area (Å²) in [7, 11) is 0. The fourth-order valence-corrected chi connectivity index (χ4v) is 11.8. The second kappa shape index (κ2) is 15.5. The minimum absolute atomic E-state index is 1.15. The Bertz CT molecular complexity index is 4010. The maximum Gasteiger partial charge on any atom is 0.0542 e. The Morgan fingerprint density at radius 1 is 0.284 bits per heavy atom. The molecule has 13 aromatic rings. The van der Waals surface area contributed by atoms with Gasteiger partial charge in [-0.15, -0.1) is 0 Å². The summed E-state index contributed by atoms with van der Waals surface area (Å²) >= 11 is 1.83. The topological polar surface area (TPSA) is 14.8 Å². The SMILES string of the molecule is Cc1cc(C)c(-n2c3ccccc3c3cc(-n4c5ccccc5c5cc(Sc6ccc7c(c6)c6ccccc6n7-c6cc(-c7ccccc7)cc(-c7ccccc7)c6)ccc54)ccc32)c(C)c1. The second-order valence-electron chi connectivity index (χ2n) is 18.0. The Kier molecular flexibility index (Phi) is 9.13. The molecule has 0 spiro atoms. The van der Waals surface area contributed by atoms with Gasteiger partial charge < -0.3 is 13.7 Å². The van der Waals surface area contributed by atoms with Gasteiger partial charge in [0.05, 0.1) is 38.8 Å². The maximum atomic E-state index is 2.47. The number of aryl methyl sites for hydroxylation is 3. The molecule has 0 atom stereocenters. The van der Waals surface area contributed by atoms with Crippen LogP contribution in [-0.2, 0) is 0 Å². The molecule has 3 nitrogen and oxygen atoms in total. The van der Waals surface area contributed by atoms with Crippen LogP contribution in [0.1, 0.15) is 16.7 Å². The van der Waals surface area contributed by atoms with Crippen LogP contribution < -0.4 is 0 Å². The molecule has 0 N–H and O–H groups in total. The predicted octanol–water partition coefficient (Wildman–Crippen LogP) is 17.4. The molecule has 0 aliphatic heterocycles. The van der Waals surface area contributed by atoms with Crippen molar-refractivity contribution >= 4 is 77.2 Å². The lowest BCUT2D eigenvalue weighted by Crippen LogP contribution is -2.01. The van der Waals surface area contributed by atoms with E-state index in [9.17, 15) is 0 Å². The van der Waals surface area contributed by atoms with Gasteiger partial charge in [0.25, 0.3) is 0 Å². The first-order valence-corrected chi connectivity index (χ1v) is 23.9. The van der Waals surface area contributed by atoms with E-state index in [4.69, 9.17) is 0 Å². The number of hydrogen-bond donors (Lipinski definition) is 0. The van der Waals surface area contributed by atoms with Crippen LogP contribution in [-0.4, -0.2) is 13.7 Å². The molecule has 0 saturated carbocycles. The average molecular weight is 876 g/mol. The minimum Gasteiger partial charge on any atom is -0.309 e. The van der Waals surface area contributed by atoms with Crippen molar-refractivity contribution in [1.29, 1.82) is 0 Å². The summed E-state index contributed by atoms with van der Waals surface area (Å²) in [6, 6.07) is 80.6. The highest BCUT2D eigenvalue weighted by molar-refractivity contribution is 7.99. The Morgan fingerprint density at radius 3 is 1.21 bits per heavy atom. The molecular formula is C63H45N3S. The molecule has 0 unspecified atom stereocenters. The van der Waals surface area contributed by atoms with E-state index in [1.807, 2.05) is 11.8 Å². The molecule has 0 aliphatic carbocycles. The smallest absolute Gasteiger partial charge is 0.0542 e. The van der Waals surface area contributed by atoms with E-state index >= 15 is 0 Å². The number of aromatic nitrogens is 3. The fourth-order valence-electron chi connectivity index (χ4n) is 10.9. The van der Waals surface area contributed by atoms with Crippen molar-refractivity contribution in [3.05, 3.63) is 235 Å². The van der Waals surface area contributed by atoms with Crippen LogP contribution in [0.5, 0.6) is 0 Å². The first-order valence-electron chi connectivity index (χ1n) is 23.1. The van der Waals surface area contributed by atoms with Crippen LogP contribution in [0.25, 0.3) is 105 Å². The molecule has 67 heavy (non-hydrogen) atoms. The summed E-state index contributed by atoms with van der Waals surface area (Å²) in [6.07, 6.45) is 0. The molecule has 0 fully saturated rings. The van der Waals surface area contributed by atoms with Crippen LogP contribution in [0.15, 0.2) is 228 Å². The third-order valence-electron chi connectivity index (χ3n) is 13.7. The molecule has 318 valence electrons. The summed E-state index contributed by atoms with van der Waals surface area (Å²) < 4.78 is 7.36. The Morgan fingerprint density at radius 2 is 0.687 bits per heavy atom. The lowest BCUT2D eigenvalue weighted by Gasteiger charge is -2.16. The monoisotopic (exact) mass is 875 g/mol. The van der Waals surface area contributed by atoms with Crippen molar-refractivity contribution in [1.82, 2.24) is 13.7 Å². The Hall–Kier alpha value is -8.05. The number of hydrogen-bond acceptors (Lipinski definition) is 1. The van der Waals surface area contributed by atoms with E-state index in [-0.39, 0.29) is 0 Å². The number of para-hydroxylation sites is 3. The standard InChI is InChI=1S/C63H45N3S/c1-40-32-41(2)63(42(3)33-40)66-59-25-15-12-20-51(59)54-37-47(26-29-62(54)66)64-57-23-13-10-21-52(57)55-38-49(27-30-60(55)64)67-50-28-31-61-56(39-50)53-22-11-14-24-58(53)65(61)48-35-45(43-16-6-4-7-17-43)34-46(36-48)44-18-8-5-9-19-44/h4-39H,1-3H3. The number of fused-ring (bicyclic) bond motifs is 9. The first-order chi connectivity index (χ1) is 32.9. The summed E-state index contributed by atoms with van der Waals surface area (Å²) in [5.74, 6) is 0. The number of nitrogens with zero attached hydrogens (tertiary/aromatic N) is 3. The highest BCUT2D eigenvalue weighted by Crippen LogP contribution is 2.42. The van der Waals surface area contributed by atoms with Gasteiger partial charge in [0.2, 0.25) is 0 Å². The van der Waals surface area contributed by atoms with Crippen LogP contribution in [0, 0.1) is 20.8 Å². The van der Waals surface area contributed by atoms with Crippen molar-refractivity contribution in [3.8, 4) is 39.3 Å². The molecule has 0 aliphatic rings. The molecule has 0 bridgehead atoms. The molecule has 13 rings (SSSR count).